The largest absolute Gasteiger partial charge is 0.487 e. The molecule has 0 bridgehead atoms. The average Bonchev–Trinajstić information content (AvgIpc) is 2.44. The van der Waals surface area contributed by atoms with E-state index in [1.165, 1.54) is 11.1 Å². The first-order valence-corrected chi connectivity index (χ1v) is 6.32. The molecule has 0 amide bonds. The molecule has 1 aliphatic rings. The smallest absolute Gasteiger partial charge is 0.179 e. The third-order valence-electron chi connectivity index (χ3n) is 3.25. The van der Waals surface area contributed by atoms with Crippen LogP contribution in [0.15, 0.2) is 54.6 Å². The van der Waals surface area contributed by atoms with Crippen molar-refractivity contribution in [2.75, 3.05) is 13.1 Å². The molecule has 0 spiro atoms. The molecule has 3 nitrogen and oxygen atoms in total. The predicted octanol–water partition coefficient (Wildman–Crippen LogP) is 2.90. The minimum absolute atomic E-state index is 0.141. The Labute approximate surface area is 112 Å². The molecule has 94 valence electrons. The van der Waals surface area contributed by atoms with E-state index in [1.807, 2.05) is 30.3 Å². The molecule has 0 aliphatic carbocycles. The van der Waals surface area contributed by atoms with Gasteiger partial charge in [0.15, 0.2) is 6.19 Å². The lowest BCUT2D eigenvalue weighted by Crippen LogP contribution is -2.51. The molecule has 1 saturated heterocycles. The highest BCUT2D eigenvalue weighted by atomic mass is 16.5. The Morgan fingerprint density at radius 1 is 0.947 bits per heavy atom. The van der Waals surface area contributed by atoms with E-state index >= 15 is 0 Å². The van der Waals surface area contributed by atoms with Gasteiger partial charge in [0.25, 0.3) is 0 Å². The number of likely N-dealkylation sites (tertiary alicyclic amines) is 1. The molecule has 2 aromatic carbocycles. The van der Waals surface area contributed by atoms with Gasteiger partial charge in [-0.3, -0.25) is 0 Å². The Kier molecular flexibility index (Phi) is 3.07. The van der Waals surface area contributed by atoms with Crippen LogP contribution in [0.5, 0.6) is 5.75 Å². The van der Waals surface area contributed by atoms with E-state index in [0.717, 1.165) is 5.75 Å². The molecule has 0 unspecified atom stereocenters. The van der Waals surface area contributed by atoms with Crippen molar-refractivity contribution in [1.82, 2.24) is 4.90 Å². The second-order valence-electron chi connectivity index (χ2n) is 4.64. The van der Waals surface area contributed by atoms with Gasteiger partial charge in [0.1, 0.15) is 11.9 Å². The topological polar surface area (TPSA) is 36.3 Å². The Morgan fingerprint density at radius 3 is 2.21 bits per heavy atom. The second kappa shape index (κ2) is 5.03. The summed E-state index contributed by atoms with van der Waals surface area (Å²) in [6, 6.07) is 18.3. The summed E-state index contributed by atoms with van der Waals surface area (Å²) in [7, 11) is 0. The molecule has 19 heavy (non-hydrogen) atoms. The maximum atomic E-state index is 8.65. The molecule has 1 fully saturated rings. The number of ether oxygens (including phenoxy) is 1. The van der Waals surface area contributed by atoms with Crippen LogP contribution in [-0.4, -0.2) is 24.1 Å². The molecule has 3 heteroatoms. The Hall–Kier alpha value is -2.47. The Balaban J connectivity index is 1.65. The van der Waals surface area contributed by atoms with Crippen LogP contribution in [0.3, 0.4) is 0 Å². The average molecular weight is 250 g/mol. The van der Waals surface area contributed by atoms with Crippen LogP contribution < -0.4 is 4.74 Å². The van der Waals surface area contributed by atoms with Crippen molar-refractivity contribution in [1.29, 1.82) is 5.26 Å². The van der Waals surface area contributed by atoms with E-state index in [2.05, 4.69) is 30.5 Å². The maximum Gasteiger partial charge on any atom is 0.179 e. The first kappa shape index (κ1) is 11.6. The van der Waals surface area contributed by atoms with Gasteiger partial charge in [0.2, 0.25) is 0 Å². The van der Waals surface area contributed by atoms with Gasteiger partial charge in [-0.2, -0.15) is 5.26 Å². The Morgan fingerprint density at radius 2 is 1.58 bits per heavy atom. The quantitative estimate of drug-likeness (QED) is 0.786. The van der Waals surface area contributed by atoms with Gasteiger partial charge < -0.3 is 9.64 Å². The fraction of sp³-hybridized carbons (Fsp3) is 0.188. The van der Waals surface area contributed by atoms with Crippen LogP contribution in [0.1, 0.15) is 0 Å². The second-order valence-corrected chi connectivity index (χ2v) is 4.64. The summed E-state index contributed by atoms with van der Waals surface area (Å²) >= 11 is 0. The lowest BCUT2D eigenvalue weighted by Gasteiger charge is -2.34. The van der Waals surface area contributed by atoms with Crippen LogP contribution in [0.25, 0.3) is 11.1 Å². The number of rotatable bonds is 3. The summed E-state index contributed by atoms with van der Waals surface area (Å²) in [4.78, 5) is 1.68. The Bertz CT molecular complexity index is 580. The van der Waals surface area contributed by atoms with E-state index in [9.17, 15) is 0 Å². The van der Waals surface area contributed by atoms with Gasteiger partial charge >= 0.3 is 0 Å². The first-order chi connectivity index (χ1) is 9.35. The van der Waals surface area contributed by atoms with Crippen molar-refractivity contribution in [2.24, 2.45) is 0 Å². The van der Waals surface area contributed by atoms with Crippen LogP contribution >= 0.6 is 0 Å². The van der Waals surface area contributed by atoms with E-state index in [-0.39, 0.29) is 6.10 Å². The van der Waals surface area contributed by atoms with E-state index in [1.54, 1.807) is 4.90 Å². The summed E-state index contributed by atoms with van der Waals surface area (Å²) in [5.74, 6) is 0.863. The standard InChI is InChI=1S/C16H14N2O/c17-12-18-10-16(11-18)19-15-8-6-14(7-9-15)13-4-2-1-3-5-13/h1-9,16H,10-11H2. The summed E-state index contributed by atoms with van der Waals surface area (Å²) in [5, 5.41) is 8.65. The minimum atomic E-state index is 0.141. The molecule has 2 aromatic rings. The predicted molar refractivity (Wildman–Crippen MR) is 73.5 cm³/mol. The van der Waals surface area contributed by atoms with E-state index < -0.39 is 0 Å². The third-order valence-corrected chi connectivity index (χ3v) is 3.25. The van der Waals surface area contributed by atoms with Crippen molar-refractivity contribution < 1.29 is 4.74 Å². The number of hydrogen-bond acceptors (Lipinski definition) is 3. The molecule has 3 rings (SSSR count). The first-order valence-electron chi connectivity index (χ1n) is 6.32. The van der Waals surface area contributed by atoms with Gasteiger partial charge in [-0.1, -0.05) is 42.5 Å². The van der Waals surface area contributed by atoms with Gasteiger partial charge in [0, 0.05) is 0 Å². The van der Waals surface area contributed by atoms with E-state index in [4.69, 9.17) is 10.00 Å². The van der Waals surface area contributed by atoms with E-state index in [0.29, 0.717) is 13.1 Å². The van der Waals surface area contributed by atoms with Crippen molar-refractivity contribution in [3.8, 4) is 23.1 Å². The normalized spacial score (nSPS) is 14.6. The van der Waals surface area contributed by atoms with Crippen LogP contribution in [-0.2, 0) is 0 Å². The molecule has 1 heterocycles. The van der Waals surface area contributed by atoms with Crippen LogP contribution in [0.2, 0.25) is 0 Å². The summed E-state index contributed by atoms with van der Waals surface area (Å²) in [6.07, 6.45) is 2.24. The lowest BCUT2D eigenvalue weighted by atomic mass is 10.1. The fourth-order valence-corrected chi connectivity index (χ4v) is 2.14. The molecule has 0 atom stereocenters. The van der Waals surface area contributed by atoms with Gasteiger partial charge in [-0.25, -0.2) is 0 Å². The van der Waals surface area contributed by atoms with Gasteiger partial charge in [0.05, 0.1) is 13.1 Å². The third kappa shape index (κ3) is 2.53. The number of hydrogen-bond donors (Lipinski definition) is 0. The highest BCUT2D eigenvalue weighted by Crippen LogP contribution is 2.23. The zero-order valence-corrected chi connectivity index (χ0v) is 10.5. The van der Waals surface area contributed by atoms with Gasteiger partial charge in [-0.05, 0) is 23.3 Å². The highest BCUT2D eigenvalue weighted by molar-refractivity contribution is 5.63. The highest BCUT2D eigenvalue weighted by Gasteiger charge is 2.27. The minimum Gasteiger partial charge on any atom is -0.487 e. The van der Waals surface area contributed by atoms with Crippen molar-refractivity contribution in [3.05, 3.63) is 54.6 Å². The molecular formula is C16H14N2O. The fourth-order valence-electron chi connectivity index (χ4n) is 2.14. The molecule has 0 N–H and O–H groups in total. The molecular weight excluding hydrogens is 236 g/mol. The van der Waals surface area contributed by atoms with Crippen LogP contribution in [0.4, 0.5) is 0 Å². The zero-order valence-electron chi connectivity index (χ0n) is 10.5. The molecule has 0 saturated carbocycles. The molecule has 0 aromatic heterocycles. The van der Waals surface area contributed by atoms with Crippen LogP contribution in [0, 0.1) is 11.5 Å². The monoisotopic (exact) mass is 250 g/mol. The van der Waals surface area contributed by atoms with Gasteiger partial charge in [-0.15, -0.1) is 0 Å². The summed E-state index contributed by atoms with van der Waals surface area (Å²) < 4.78 is 5.78. The SMILES string of the molecule is N#CN1CC(Oc2ccc(-c3ccccc3)cc2)C1. The summed E-state index contributed by atoms with van der Waals surface area (Å²) in [5.41, 5.74) is 2.38. The molecule has 1 aliphatic heterocycles. The van der Waals surface area contributed by atoms with Crippen molar-refractivity contribution >= 4 is 0 Å². The number of benzene rings is 2. The molecule has 0 radical (unpaired) electrons. The lowest BCUT2D eigenvalue weighted by molar-refractivity contribution is 0.0590. The maximum absolute atomic E-state index is 8.65. The van der Waals surface area contributed by atoms with Crippen molar-refractivity contribution in [3.63, 3.8) is 0 Å². The summed E-state index contributed by atoms with van der Waals surface area (Å²) in [6.45, 7) is 1.38. The number of nitrogens with zero attached hydrogens (tertiary/aromatic N) is 2. The zero-order chi connectivity index (χ0) is 13.1. The number of nitriles is 1. The van der Waals surface area contributed by atoms with Crippen molar-refractivity contribution in [2.45, 2.75) is 6.10 Å².